The van der Waals surface area contributed by atoms with Crippen LogP contribution in [0, 0.1) is 0 Å². The lowest BCUT2D eigenvalue weighted by Gasteiger charge is -2.02. The Labute approximate surface area is 118 Å². The topological polar surface area (TPSA) is 51.2 Å². The molecule has 1 aromatic heterocycles. The number of nitrogens with zero attached hydrogens (tertiary/aromatic N) is 1. The van der Waals surface area contributed by atoms with Gasteiger partial charge >= 0.3 is 0 Å². The highest BCUT2D eigenvalue weighted by atomic mass is 16.5. The number of rotatable bonds is 5. The second-order valence-corrected chi connectivity index (χ2v) is 4.07. The van der Waals surface area contributed by atoms with Gasteiger partial charge in [-0.2, -0.15) is 0 Å². The molecular weight excluding hydrogens is 252 g/mol. The van der Waals surface area contributed by atoms with Crippen LogP contribution in [-0.2, 0) is 4.79 Å². The Kier molecular flexibility index (Phi) is 4.89. The third kappa shape index (κ3) is 4.24. The molecule has 0 unspecified atom stereocenters. The van der Waals surface area contributed by atoms with Crippen molar-refractivity contribution in [3.63, 3.8) is 0 Å². The Morgan fingerprint density at radius 1 is 1.30 bits per heavy atom. The molecule has 0 fully saturated rings. The summed E-state index contributed by atoms with van der Waals surface area (Å²) in [6, 6.07) is 11.1. The first kappa shape index (κ1) is 13.8. The fourth-order valence-electron chi connectivity index (χ4n) is 1.63. The van der Waals surface area contributed by atoms with Crippen LogP contribution in [0.4, 0.5) is 5.69 Å². The van der Waals surface area contributed by atoms with Crippen molar-refractivity contribution in [2.45, 2.75) is 6.92 Å². The summed E-state index contributed by atoms with van der Waals surface area (Å²) in [7, 11) is 0. The maximum atomic E-state index is 11.7. The van der Waals surface area contributed by atoms with E-state index in [4.69, 9.17) is 4.74 Å². The quantitative estimate of drug-likeness (QED) is 0.848. The predicted molar refractivity (Wildman–Crippen MR) is 79.5 cm³/mol. The third-order valence-electron chi connectivity index (χ3n) is 2.55. The van der Waals surface area contributed by atoms with Crippen molar-refractivity contribution in [1.82, 2.24) is 4.98 Å². The van der Waals surface area contributed by atoms with E-state index >= 15 is 0 Å². The summed E-state index contributed by atoms with van der Waals surface area (Å²) in [6.45, 7) is 2.58. The number of benzene rings is 1. The van der Waals surface area contributed by atoms with Crippen LogP contribution in [0.5, 0.6) is 5.75 Å². The molecule has 0 saturated heterocycles. The lowest BCUT2D eigenvalue weighted by molar-refractivity contribution is -0.111. The second kappa shape index (κ2) is 7.09. The minimum Gasteiger partial charge on any atom is -0.494 e. The first-order valence-electron chi connectivity index (χ1n) is 6.40. The number of hydrogen-bond acceptors (Lipinski definition) is 3. The standard InChI is InChI=1S/C16H16N2O2/c1-2-20-15-8-5-13(6-9-15)7-10-16(19)18-14-4-3-11-17-12-14/h3-12H,2H2,1H3,(H,18,19)/b10-7+. The molecule has 4 nitrogen and oxygen atoms in total. The van der Waals surface area contributed by atoms with E-state index < -0.39 is 0 Å². The van der Waals surface area contributed by atoms with Crippen LogP contribution in [-0.4, -0.2) is 17.5 Å². The van der Waals surface area contributed by atoms with Gasteiger partial charge in [0.05, 0.1) is 18.5 Å². The van der Waals surface area contributed by atoms with Crippen LogP contribution in [0.25, 0.3) is 6.08 Å². The molecule has 0 saturated carbocycles. The number of pyridine rings is 1. The molecule has 4 heteroatoms. The van der Waals surface area contributed by atoms with E-state index in [0.717, 1.165) is 11.3 Å². The van der Waals surface area contributed by atoms with Gasteiger partial charge in [0, 0.05) is 12.3 Å². The van der Waals surface area contributed by atoms with Crippen LogP contribution < -0.4 is 10.1 Å². The maximum absolute atomic E-state index is 11.7. The van der Waals surface area contributed by atoms with Crippen molar-refractivity contribution >= 4 is 17.7 Å². The Balaban J connectivity index is 1.93. The molecule has 0 aliphatic carbocycles. The molecule has 1 N–H and O–H groups in total. The summed E-state index contributed by atoms with van der Waals surface area (Å²) in [5.74, 6) is 0.636. The zero-order valence-electron chi connectivity index (χ0n) is 11.2. The number of hydrogen-bond donors (Lipinski definition) is 1. The van der Waals surface area contributed by atoms with E-state index in [1.807, 2.05) is 31.2 Å². The van der Waals surface area contributed by atoms with Crippen LogP contribution in [0.1, 0.15) is 12.5 Å². The number of carbonyl (C=O) groups excluding carboxylic acids is 1. The van der Waals surface area contributed by atoms with Gasteiger partial charge in [-0.25, -0.2) is 0 Å². The minimum atomic E-state index is -0.188. The van der Waals surface area contributed by atoms with Gasteiger partial charge in [-0.3, -0.25) is 9.78 Å². The van der Waals surface area contributed by atoms with Gasteiger partial charge in [-0.15, -0.1) is 0 Å². The van der Waals surface area contributed by atoms with Gasteiger partial charge in [0.25, 0.3) is 0 Å². The normalized spacial score (nSPS) is 10.4. The SMILES string of the molecule is CCOc1ccc(/C=C/C(=O)Nc2cccnc2)cc1. The van der Waals surface area contributed by atoms with Crippen molar-refractivity contribution in [2.24, 2.45) is 0 Å². The van der Waals surface area contributed by atoms with E-state index in [9.17, 15) is 4.79 Å². The lowest BCUT2D eigenvalue weighted by atomic mass is 10.2. The zero-order chi connectivity index (χ0) is 14.2. The Hall–Kier alpha value is -2.62. The second-order valence-electron chi connectivity index (χ2n) is 4.07. The molecule has 0 atom stereocenters. The first-order valence-corrected chi connectivity index (χ1v) is 6.40. The molecular formula is C16H16N2O2. The van der Waals surface area contributed by atoms with Crippen LogP contribution >= 0.6 is 0 Å². The molecule has 2 rings (SSSR count). The fourth-order valence-corrected chi connectivity index (χ4v) is 1.63. The number of ether oxygens (including phenoxy) is 1. The Morgan fingerprint density at radius 2 is 2.10 bits per heavy atom. The van der Waals surface area contributed by atoms with E-state index in [1.54, 1.807) is 30.6 Å². The largest absolute Gasteiger partial charge is 0.494 e. The van der Waals surface area contributed by atoms with Gasteiger partial charge in [0.1, 0.15) is 5.75 Å². The van der Waals surface area contributed by atoms with Crippen molar-refractivity contribution in [3.8, 4) is 5.75 Å². The zero-order valence-corrected chi connectivity index (χ0v) is 11.2. The van der Waals surface area contributed by atoms with E-state index in [-0.39, 0.29) is 5.91 Å². The lowest BCUT2D eigenvalue weighted by Crippen LogP contribution is -2.07. The average molecular weight is 268 g/mol. The summed E-state index contributed by atoms with van der Waals surface area (Å²) in [5, 5.41) is 2.73. The molecule has 102 valence electrons. The average Bonchev–Trinajstić information content (AvgIpc) is 2.48. The number of amides is 1. The molecule has 20 heavy (non-hydrogen) atoms. The summed E-state index contributed by atoms with van der Waals surface area (Å²) in [5.41, 5.74) is 1.61. The van der Waals surface area contributed by atoms with Crippen molar-refractivity contribution < 1.29 is 9.53 Å². The molecule has 0 spiro atoms. The van der Waals surface area contributed by atoms with Gasteiger partial charge in [-0.1, -0.05) is 12.1 Å². The van der Waals surface area contributed by atoms with Crippen molar-refractivity contribution in [3.05, 3.63) is 60.4 Å². The van der Waals surface area contributed by atoms with E-state index in [1.165, 1.54) is 6.08 Å². The molecule has 2 aromatic rings. The highest BCUT2D eigenvalue weighted by Gasteiger charge is 1.97. The van der Waals surface area contributed by atoms with Crippen LogP contribution in [0.2, 0.25) is 0 Å². The number of aromatic nitrogens is 1. The van der Waals surface area contributed by atoms with Crippen molar-refractivity contribution in [2.75, 3.05) is 11.9 Å². The Morgan fingerprint density at radius 3 is 2.75 bits per heavy atom. The van der Waals surface area contributed by atoms with Gasteiger partial charge in [0.15, 0.2) is 0 Å². The molecule has 0 aliphatic rings. The minimum absolute atomic E-state index is 0.188. The first-order chi connectivity index (χ1) is 9.78. The molecule has 0 radical (unpaired) electrons. The smallest absolute Gasteiger partial charge is 0.248 e. The van der Waals surface area contributed by atoms with Crippen LogP contribution in [0.15, 0.2) is 54.9 Å². The number of nitrogens with one attached hydrogen (secondary N) is 1. The van der Waals surface area contributed by atoms with Gasteiger partial charge in [-0.05, 0) is 42.8 Å². The summed E-state index contributed by atoms with van der Waals surface area (Å²) < 4.78 is 5.36. The Bertz CT molecular complexity index is 577. The third-order valence-corrected chi connectivity index (χ3v) is 2.55. The number of anilines is 1. The fraction of sp³-hybridized carbons (Fsp3) is 0.125. The van der Waals surface area contributed by atoms with E-state index in [0.29, 0.717) is 12.3 Å². The molecule has 0 bridgehead atoms. The maximum Gasteiger partial charge on any atom is 0.248 e. The highest BCUT2D eigenvalue weighted by Crippen LogP contribution is 2.13. The van der Waals surface area contributed by atoms with Gasteiger partial charge < -0.3 is 10.1 Å². The van der Waals surface area contributed by atoms with E-state index in [2.05, 4.69) is 10.3 Å². The molecule has 1 amide bonds. The monoisotopic (exact) mass is 268 g/mol. The highest BCUT2D eigenvalue weighted by molar-refractivity contribution is 6.01. The number of carbonyl (C=O) groups is 1. The van der Waals surface area contributed by atoms with Crippen LogP contribution in [0.3, 0.4) is 0 Å². The summed E-state index contributed by atoms with van der Waals surface area (Å²) >= 11 is 0. The molecule has 1 heterocycles. The molecule has 0 aliphatic heterocycles. The van der Waals surface area contributed by atoms with Crippen molar-refractivity contribution in [1.29, 1.82) is 0 Å². The van der Waals surface area contributed by atoms with Gasteiger partial charge in [0.2, 0.25) is 5.91 Å². The summed E-state index contributed by atoms with van der Waals surface area (Å²) in [6.07, 6.45) is 6.50. The molecule has 1 aromatic carbocycles. The summed E-state index contributed by atoms with van der Waals surface area (Å²) in [4.78, 5) is 15.6. The predicted octanol–water partition coefficient (Wildman–Crippen LogP) is 3.13.